The Kier molecular flexibility index (Phi) is 5.69. The Bertz CT molecular complexity index is 229. The zero-order chi connectivity index (χ0) is 9.46. The Morgan fingerprint density at radius 3 is 1.38 bits per heavy atom. The number of hydrogen-bond donors (Lipinski definition) is 0. The first-order valence-electron chi connectivity index (χ1n) is 3.57. The van der Waals surface area contributed by atoms with Crippen molar-refractivity contribution in [2.75, 3.05) is 0 Å². The van der Waals surface area contributed by atoms with E-state index in [0.29, 0.717) is 15.1 Å². The Morgan fingerprint density at radius 2 is 0.923 bits per heavy atom. The minimum absolute atomic E-state index is 0. The van der Waals surface area contributed by atoms with Crippen molar-refractivity contribution in [2.45, 2.75) is 20.8 Å². The van der Waals surface area contributed by atoms with Gasteiger partial charge in [0.15, 0.2) is 0 Å². The summed E-state index contributed by atoms with van der Waals surface area (Å²) in [6.07, 6.45) is 0. The maximum atomic E-state index is 6.02. The summed E-state index contributed by atoms with van der Waals surface area (Å²) in [5.41, 5.74) is 2.81. The van der Waals surface area contributed by atoms with Crippen LogP contribution in [0.4, 0.5) is 0 Å². The summed E-state index contributed by atoms with van der Waals surface area (Å²) in [5, 5.41) is 1.88. The van der Waals surface area contributed by atoms with Crippen LogP contribution in [-0.2, 0) is 0 Å². The monoisotopic (exact) mass is 246 g/mol. The van der Waals surface area contributed by atoms with Crippen LogP contribution in [0.15, 0.2) is 0 Å². The molecule has 1 aromatic carbocycles. The molecule has 68 valence electrons. The van der Waals surface area contributed by atoms with Crippen molar-refractivity contribution < 1.29 is 0 Å². The SMILES string of the molecule is Cc1c(C)c(Cl)c(Cl)c(C)c1Cl.[NaH]. The predicted molar refractivity (Wildman–Crippen MR) is 62.8 cm³/mol. The molecule has 1 rings (SSSR count). The molecule has 0 heterocycles. The van der Waals surface area contributed by atoms with Gasteiger partial charge in [-0.1, -0.05) is 34.8 Å². The number of halogens is 3. The average molecular weight is 248 g/mol. The van der Waals surface area contributed by atoms with Crippen molar-refractivity contribution in [3.63, 3.8) is 0 Å². The standard InChI is InChI=1S/C9H9Cl3.Na.H/c1-4-5(2)8(11)9(12)6(3)7(4)10;;/h1-3H3;;. The maximum absolute atomic E-state index is 6.02. The number of benzene rings is 1. The van der Waals surface area contributed by atoms with Crippen molar-refractivity contribution in [1.82, 2.24) is 0 Å². The van der Waals surface area contributed by atoms with Crippen molar-refractivity contribution in [3.8, 4) is 0 Å². The van der Waals surface area contributed by atoms with Crippen LogP contribution in [0.2, 0.25) is 15.1 Å². The van der Waals surface area contributed by atoms with Crippen LogP contribution in [0.1, 0.15) is 16.7 Å². The third-order valence-electron chi connectivity index (χ3n) is 2.07. The fourth-order valence-electron chi connectivity index (χ4n) is 1.04. The molecule has 0 bridgehead atoms. The third-order valence-corrected chi connectivity index (χ3v) is 3.68. The second-order valence-electron chi connectivity index (χ2n) is 2.82. The molecule has 0 nitrogen and oxygen atoms in total. The van der Waals surface area contributed by atoms with Crippen LogP contribution >= 0.6 is 34.8 Å². The van der Waals surface area contributed by atoms with E-state index < -0.39 is 0 Å². The fourth-order valence-corrected chi connectivity index (χ4v) is 1.84. The summed E-state index contributed by atoms with van der Waals surface area (Å²) in [6, 6.07) is 0. The molecule has 0 aliphatic heterocycles. The van der Waals surface area contributed by atoms with Crippen molar-refractivity contribution in [2.24, 2.45) is 0 Å². The Balaban J connectivity index is 0.00000144. The van der Waals surface area contributed by atoms with E-state index in [1.54, 1.807) is 0 Å². The molecule has 0 N–H and O–H groups in total. The van der Waals surface area contributed by atoms with E-state index in [0.717, 1.165) is 16.7 Å². The Morgan fingerprint density at radius 1 is 0.615 bits per heavy atom. The second-order valence-corrected chi connectivity index (χ2v) is 3.95. The molecule has 13 heavy (non-hydrogen) atoms. The summed E-state index contributed by atoms with van der Waals surface area (Å²) in [4.78, 5) is 0. The number of rotatable bonds is 0. The van der Waals surface area contributed by atoms with Gasteiger partial charge in [-0.3, -0.25) is 0 Å². The van der Waals surface area contributed by atoms with Gasteiger partial charge >= 0.3 is 29.6 Å². The van der Waals surface area contributed by atoms with Gasteiger partial charge in [-0.05, 0) is 37.5 Å². The molecule has 0 saturated heterocycles. The topological polar surface area (TPSA) is 0 Å². The molecule has 0 atom stereocenters. The molecule has 0 saturated carbocycles. The Labute approximate surface area is 116 Å². The van der Waals surface area contributed by atoms with Crippen LogP contribution in [0.25, 0.3) is 0 Å². The van der Waals surface area contributed by atoms with Gasteiger partial charge in [-0.25, -0.2) is 0 Å². The molecule has 0 aliphatic rings. The van der Waals surface area contributed by atoms with E-state index in [1.165, 1.54) is 0 Å². The van der Waals surface area contributed by atoms with Gasteiger partial charge in [0.25, 0.3) is 0 Å². The van der Waals surface area contributed by atoms with Crippen molar-refractivity contribution >= 4 is 64.4 Å². The molecule has 0 aliphatic carbocycles. The van der Waals surface area contributed by atoms with Gasteiger partial charge in [0.1, 0.15) is 0 Å². The van der Waals surface area contributed by atoms with Crippen LogP contribution in [-0.4, -0.2) is 29.6 Å². The molecule has 0 aromatic heterocycles. The molecule has 0 radical (unpaired) electrons. The van der Waals surface area contributed by atoms with Gasteiger partial charge in [-0.15, -0.1) is 0 Å². The molecule has 1 aromatic rings. The summed E-state index contributed by atoms with van der Waals surface area (Å²) < 4.78 is 0. The third kappa shape index (κ3) is 2.56. The normalized spacial score (nSPS) is 9.69. The van der Waals surface area contributed by atoms with Gasteiger partial charge in [0, 0.05) is 5.02 Å². The van der Waals surface area contributed by atoms with E-state index >= 15 is 0 Å². The van der Waals surface area contributed by atoms with Crippen LogP contribution in [0.5, 0.6) is 0 Å². The van der Waals surface area contributed by atoms with E-state index in [4.69, 9.17) is 34.8 Å². The molecule has 0 fully saturated rings. The molecule has 0 amide bonds. The first kappa shape index (κ1) is 14.1. The zero-order valence-electron chi connectivity index (χ0n) is 7.13. The first-order chi connectivity index (χ1) is 5.46. The average Bonchev–Trinajstić information content (AvgIpc) is 2.08. The summed E-state index contributed by atoms with van der Waals surface area (Å²) in [6.45, 7) is 5.71. The predicted octanol–water partition coefficient (Wildman–Crippen LogP) is 3.92. The molecule has 4 heteroatoms. The first-order valence-corrected chi connectivity index (χ1v) is 4.70. The fraction of sp³-hybridized carbons (Fsp3) is 0.333. The number of hydrogen-bond acceptors (Lipinski definition) is 0. The van der Waals surface area contributed by atoms with E-state index in [-0.39, 0.29) is 29.6 Å². The minimum atomic E-state index is 0. The molecular formula is C9H10Cl3Na. The van der Waals surface area contributed by atoms with Gasteiger partial charge in [0.2, 0.25) is 0 Å². The van der Waals surface area contributed by atoms with E-state index in [1.807, 2.05) is 20.8 Å². The molecule has 0 unspecified atom stereocenters. The Hall–Kier alpha value is 1.09. The van der Waals surface area contributed by atoms with Crippen LogP contribution in [0, 0.1) is 20.8 Å². The van der Waals surface area contributed by atoms with Gasteiger partial charge in [-0.2, -0.15) is 0 Å². The molecule has 0 spiro atoms. The van der Waals surface area contributed by atoms with Crippen molar-refractivity contribution in [3.05, 3.63) is 31.8 Å². The summed E-state index contributed by atoms with van der Waals surface area (Å²) in [7, 11) is 0. The molecular weight excluding hydrogens is 237 g/mol. The summed E-state index contributed by atoms with van der Waals surface area (Å²) in [5.74, 6) is 0. The van der Waals surface area contributed by atoms with Crippen LogP contribution in [0.3, 0.4) is 0 Å². The summed E-state index contributed by atoms with van der Waals surface area (Å²) >= 11 is 17.9. The van der Waals surface area contributed by atoms with Gasteiger partial charge < -0.3 is 0 Å². The zero-order valence-corrected chi connectivity index (χ0v) is 9.40. The van der Waals surface area contributed by atoms with E-state index in [2.05, 4.69) is 0 Å². The van der Waals surface area contributed by atoms with Gasteiger partial charge in [0.05, 0.1) is 10.0 Å². The second kappa shape index (κ2) is 5.25. The van der Waals surface area contributed by atoms with Crippen molar-refractivity contribution in [1.29, 1.82) is 0 Å². The van der Waals surface area contributed by atoms with Crippen LogP contribution < -0.4 is 0 Å². The quantitative estimate of drug-likeness (QED) is 0.481. The van der Waals surface area contributed by atoms with E-state index in [9.17, 15) is 0 Å².